The highest BCUT2D eigenvalue weighted by Crippen LogP contribution is 2.18. The summed E-state index contributed by atoms with van der Waals surface area (Å²) in [5.74, 6) is 1.32. The molecule has 2 amide bonds. The number of urea groups is 1. The zero-order valence-electron chi connectivity index (χ0n) is 13.3. The Morgan fingerprint density at radius 2 is 1.91 bits per heavy atom. The smallest absolute Gasteiger partial charge is 0.319 e. The number of carbonyl (C=O) groups is 1. The standard InChI is InChI=1S/C18H21BrN2O2/c1-13(2)14-6-8-17(9-7-14)23-11-10-20-18(22)21-16-5-3-4-15(19)12-16/h3-9,12-13H,10-11H2,1-2H3,(H2,20,21,22). The molecule has 0 fully saturated rings. The van der Waals surface area contributed by atoms with E-state index in [9.17, 15) is 4.79 Å². The Morgan fingerprint density at radius 1 is 1.17 bits per heavy atom. The molecule has 0 spiro atoms. The van der Waals surface area contributed by atoms with Gasteiger partial charge >= 0.3 is 6.03 Å². The highest BCUT2D eigenvalue weighted by Gasteiger charge is 2.02. The van der Waals surface area contributed by atoms with Gasteiger partial charge in [0.1, 0.15) is 12.4 Å². The Balaban J connectivity index is 1.69. The largest absolute Gasteiger partial charge is 0.492 e. The predicted molar refractivity (Wildman–Crippen MR) is 97.2 cm³/mol. The summed E-state index contributed by atoms with van der Waals surface area (Å²) in [7, 11) is 0. The van der Waals surface area contributed by atoms with Gasteiger partial charge in [0.25, 0.3) is 0 Å². The van der Waals surface area contributed by atoms with Crippen molar-refractivity contribution in [2.75, 3.05) is 18.5 Å². The van der Waals surface area contributed by atoms with E-state index in [0.717, 1.165) is 15.9 Å². The molecule has 2 aromatic carbocycles. The van der Waals surface area contributed by atoms with E-state index in [0.29, 0.717) is 19.1 Å². The molecule has 5 heteroatoms. The highest BCUT2D eigenvalue weighted by atomic mass is 79.9. The van der Waals surface area contributed by atoms with E-state index in [1.165, 1.54) is 5.56 Å². The molecule has 0 radical (unpaired) electrons. The molecule has 0 unspecified atom stereocenters. The van der Waals surface area contributed by atoms with Crippen molar-refractivity contribution in [2.24, 2.45) is 0 Å². The van der Waals surface area contributed by atoms with Crippen molar-refractivity contribution in [2.45, 2.75) is 19.8 Å². The number of benzene rings is 2. The summed E-state index contributed by atoms with van der Waals surface area (Å²) in [6, 6.07) is 15.2. The number of nitrogens with one attached hydrogen (secondary N) is 2. The first-order chi connectivity index (χ1) is 11.0. The normalized spacial score (nSPS) is 10.4. The van der Waals surface area contributed by atoms with Crippen LogP contribution in [0.3, 0.4) is 0 Å². The molecule has 122 valence electrons. The summed E-state index contributed by atoms with van der Waals surface area (Å²) in [5, 5.41) is 5.53. The van der Waals surface area contributed by atoms with Crippen LogP contribution in [0.1, 0.15) is 25.3 Å². The third-order valence-corrected chi connectivity index (χ3v) is 3.78. The Bertz CT molecular complexity index is 642. The van der Waals surface area contributed by atoms with Crippen LogP contribution >= 0.6 is 15.9 Å². The van der Waals surface area contributed by atoms with Crippen molar-refractivity contribution in [3.63, 3.8) is 0 Å². The second-order valence-corrected chi connectivity index (χ2v) is 6.38. The predicted octanol–water partition coefficient (Wildman–Crippen LogP) is 4.77. The Hall–Kier alpha value is -2.01. The van der Waals surface area contributed by atoms with Crippen LogP contribution in [0.4, 0.5) is 10.5 Å². The maximum atomic E-state index is 11.8. The number of hydrogen-bond donors (Lipinski definition) is 2. The average molecular weight is 377 g/mol. The molecule has 2 aromatic rings. The number of carbonyl (C=O) groups excluding carboxylic acids is 1. The van der Waals surface area contributed by atoms with Gasteiger partial charge in [0.15, 0.2) is 0 Å². The highest BCUT2D eigenvalue weighted by molar-refractivity contribution is 9.10. The summed E-state index contributed by atoms with van der Waals surface area (Å²) in [6.45, 7) is 5.17. The molecule has 0 bridgehead atoms. The molecule has 0 heterocycles. The lowest BCUT2D eigenvalue weighted by molar-refractivity contribution is 0.247. The zero-order valence-corrected chi connectivity index (χ0v) is 14.9. The number of ether oxygens (including phenoxy) is 1. The molecule has 0 aliphatic rings. The Kier molecular flexibility index (Phi) is 6.47. The summed E-state index contributed by atoms with van der Waals surface area (Å²) >= 11 is 3.36. The lowest BCUT2D eigenvalue weighted by Crippen LogP contribution is -2.32. The van der Waals surface area contributed by atoms with Gasteiger partial charge in [0.2, 0.25) is 0 Å². The third-order valence-electron chi connectivity index (χ3n) is 3.29. The molecule has 0 aliphatic heterocycles. The molecule has 23 heavy (non-hydrogen) atoms. The van der Waals surface area contributed by atoms with E-state index >= 15 is 0 Å². The van der Waals surface area contributed by atoms with Gasteiger partial charge in [-0.1, -0.05) is 48.0 Å². The first kappa shape index (κ1) is 17.3. The zero-order chi connectivity index (χ0) is 16.7. The SMILES string of the molecule is CC(C)c1ccc(OCCNC(=O)Nc2cccc(Br)c2)cc1. The molecule has 2 N–H and O–H groups in total. The molecule has 0 aromatic heterocycles. The van der Waals surface area contributed by atoms with Gasteiger partial charge in [-0.15, -0.1) is 0 Å². The van der Waals surface area contributed by atoms with Crippen LogP contribution < -0.4 is 15.4 Å². The van der Waals surface area contributed by atoms with Crippen molar-refractivity contribution < 1.29 is 9.53 Å². The van der Waals surface area contributed by atoms with E-state index in [2.05, 4.69) is 52.5 Å². The van der Waals surface area contributed by atoms with Gasteiger partial charge in [-0.3, -0.25) is 0 Å². The van der Waals surface area contributed by atoms with Gasteiger partial charge in [-0.05, 0) is 41.8 Å². The monoisotopic (exact) mass is 376 g/mol. The fourth-order valence-electron chi connectivity index (χ4n) is 2.02. The number of amides is 2. The van der Waals surface area contributed by atoms with Crippen molar-refractivity contribution in [3.05, 3.63) is 58.6 Å². The molecule has 4 nitrogen and oxygen atoms in total. The number of rotatable bonds is 6. The number of anilines is 1. The van der Waals surface area contributed by atoms with Gasteiger partial charge in [-0.25, -0.2) is 4.79 Å². The molecular weight excluding hydrogens is 356 g/mol. The lowest BCUT2D eigenvalue weighted by Gasteiger charge is -2.10. The van der Waals surface area contributed by atoms with Crippen molar-refractivity contribution >= 4 is 27.6 Å². The molecule has 0 saturated carbocycles. The first-order valence-electron chi connectivity index (χ1n) is 7.58. The van der Waals surface area contributed by atoms with E-state index in [4.69, 9.17) is 4.74 Å². The lowest BCUT2D eigenvalue weighted by atomic mass is 10.0. The minimum absolute atomic E-state index is 0.248. The quantitative estimate of drug-likeness (QED) is 0.713. The fourth-order valence-corrected chi connectivity index (χ4v) is 2.42. The van der Waals surface area contributed by atoms with Crippen LogP contribution in [0.25, 0.3) is 0 Å². The maximum absolute atomic E-state index is 11.8. The maximum Gasteiger partial charge on any atom is 0.319 e. The Labute approximate surface area is 145 Å². The van der Waals surface area contributed by atoms with Gasteiger partial charge in [0, 0.05) is 10.2 Å². The van der Waals surface area contributed by atoms with E-state index < -0.39 is 0 Å². The summed E-state index contributed by atoms with van der Waals surface area (Å²) in [5.41, 5.74) is 2.02. The van der Waals surface area contributed by atoms with Crippen molar-refractivity contribution in [1.29, 1.82) is 0 Å². The molecule has 0 aliphatic carbocycles. The number of halogens is 1. The fraction of sp³-hybridized carbons (Fsp3) is 0.278. The molecule has 0 atom stereocenters. The van der Waals surface area contributed by atoms with Crippen LogP contribution in [0, 0.1) is 0 Å². The van der Waals surface area contributed by atoms with Crippen molar-refractivity contribution in [1.82, 2.24) is 5.32 Å². The van der Waals surface area contributed by atoms with E-state index in [1.54, 1.807) is 0 Å². The van der Waals surface area contributed by atoms with Crippen LogP contribution in [-0.4, -0.2) is 19.2 Å². The van der Waals surface area contributed by atoms with Crippen LogP contribution in [0.5, 0.6) is 5.75 Å². The second-order valence-electron chi connectivity index (χ2n) is 5.46. The topological polar surface area (TPSA) is 50.4 Å². The molecule has 2 rings (SSSR count). The minimum Gasteiger partial charge on any atom is -0.492 e. The molecular formula is C18H21BrN2O2. The van der Waals surface area contributed by atoms with Crippen LogP contribution in [0.2, 0.25) is 0 Å². The van der Waals surface area contributed by atoms with Gasteiger partial charge in [0.05, 0.1) is 6.54 Å². The minimum atomic E-state index is -0.248. The summed E-state index contributed by atoms with van der Waals surface area (Å²) < 4.78 is 6.53. The van der Waals surface area contributed by atoms with E-state index in [-0.39, 0.29) is 6.03 Å². The van der Waals surface area contributed by atoms with Gasteiger partial charge in [-0.2, -0.15) is 0 Å². The summed E-state index contributed by atoms with van der Waals surface area (Å²) in [6.07, 6.45) is 0. The molecule has 0 saturated heterocycles. The van der Waals surface area contributed by atoms with Gasteiger partial charge < -0.3 is 15.4 Å². The second kappa shape index (κ2) is 8.58. The van der Waals surface area contributed by atoms with Crippen LogP contribution in [-0.2, 0) is 0 Å². The number of hydrogen-bond acceptors (Lipinski definition) is 2. The summed E-state index contributed by atoms with van der Waals surface area (Å²) in [4.78, 5) is 11.8. The third kappa shape index (κ3) is 5.94. The van der Waals surface area contributed by atoms with Crippen LogP contribution in [0.15, 0.2) is 53.0 Å². The first-order valence-corrected chi connectivity index (χ1v) is 8.37. The van der Waals surface area contributed by atoms with E-state index in [1.807, 2.05) is 36.4 Å². The average Bonchev–Trinajstić information content (AvgIpc) is 2.52. The Morgan fingerprint density at radius 3 is 2.57 bits per heavy atom. The van der Waals surface area contributed by atoms with Crippen molar-refractivity contribution in [3.8, 4) is 5.75 Å².